The molecule has 1 amide bonds. The molecule has 2 aromatic carbocycles. The summed E-state index contributed by atoms with van der Waals surface area (Å²) in [5, 5.41) is 11.4. The van der Waals surface area contributed by atoms with Gasteiger partial charge in [-0.05, 0) is 29.3 Å². The van der Waals surface area contributed by atoms with Crippen LogP contribution >= 0.6 is 0 Å². The molecule has 0 aliphatic heterocycles. The topological polar surface area (TPSA) is 62.1 Å². The van der Waals surface area contributed by atoms with Crippen LogP contribution in [0.2, 0.25) is 0 Å². The molecule has 0 fully saturated rings. The molecule has 4 heteroatoms. The first kappa shape index (κ1) is 15.3. The van der Waals surface area contributed by atoms with Gasteiger partial charge in [0.1, 0.15) is 24.0 Å². The number of hydrogen-bond donors (Lipinski definition) is 1. The first-order valence-corrected chi connectivity index (χ1v) is 6.83. The van der Waals surface area contributed by atoms with Crippen molar-refractivity contribution in [2.45, 2.75) is 6.61 Å². The van der Waals surface area contributed by atoms with Gasteiger partial charge in [0.2, 0.25) is 0 Å². The monoisotopic (exact) mass is 292 g/mol. The molecule has 1 N–H and O–H groups in total. The number of nitrogens with zero attached hydrogens (tertiary/aromatic N) is 1. The molecule has 0 unspecified atom stereocenters. The van der Waals surface area contributed by atoms with Crippen LogP contribution in [0.15, 0.2) is 60.2 Å². The smallest absolute Gasteiger partial charge is 0.261 e. The maximum atomic E-state index is 11.4. The van der Waals surface area contributed by atoms with Gasteiger partial charge in [-0.15, -0.1) is 0 Å². The average molecular weight is 292 g/mol. The van der Waals surface area contributed by atoms with Gasteiger partial charge in [-0.25, -0.2) is 0 Å². The lowest BCUT2D eigenvalue weighted by Gasteiger charge is -2.06. The quantitative estimate of drug-likeness (QED) is 0.681. The fourth-order valence-corrected chi connectivity index (χ4v) is 1.85. The Kier molecular flexibility index (Phi) is 5.33. The van der Waals surface area contributed by atoms with Gasteiger partial charge in [-0.1, -0.05) is 42.5 Å². The molecule has 0 heterocycles. The van der Waals surface area contributed by atoms with Crippen molar-refractivity contribution in [1.29, 1.82) is 5.26 Å². The molecule has 2 aromatic rings. The molecule has 0 bridgehead atoms. The molecule has 0 aliphatic rings. The van der Waals surface area contributed by atoms with Crippen molar-refractivity contribution in [2.24, 2.45) is 0 Å². The lowest BCUT2D eigenvalue weighted by Crippen LogP contribution is -2.19. The number of likely N-dealkylation sites (N-methyl/N-ethyl adjacent to an activating group) is 1. The second-order valence-electron chi connectivity index (χ2n) is 4.59. The third-order valence-electron chi connectivity index (χ3n) is 3.03. The van der Waals surface area contributed by atoms with Gasteiger partial charge in [0, 0.05) is 7.05 Å². The van der Waals surface area contributed by atoms with E-state index < -0.39 is 5.91 Å². The van der Waals surface area contributed by atoms with E-state index >= 15 is 0 Å². The predicted molar refractivity (Wildman–Crippen MR) is 84.9 cm³/mol. The SMILES string of the molecule is CNC(=O)/C(C#N)=C/c1ccc(OCc2ccccc2)cc1. The number of ether oxygens (including phenoxy) is 1. The first-order valence-electron chi connectivity index (χ1n) is 6.83. The zero-order chi connectivity index (χ0) is 15.8. The number of benzene rings is 2. The summed E-state index contributed by atoms with van der Waals surface area (Å²) in [7, 11) is 1.49. The zero-order valence-corrected chi connectivity index (χ0v) is 12.2. The predicted octanol–water partition coefficient (Wildman–Crippen LogP) is 2.92. The minimum Gasteiger partial charge on any atom is -0.489 e. The molecular formula is C18H16N2O2. The Morgan fingerprint density at radius 1 is 1.18 bits per heavy atom. The van der Waals surface area contributed by atoms with Crippen LogP contribution in [0.4, 0.5) is 0 Å². The van der Waals surface area contributed by atoms with Crippen LogP contribution in [0, 0.1) is 11.3 Å². The van der Waals surface area contributed by atoms with Crippen LogP contribution in [0.5, 0.6) is 5.75 Å². The second-order valence-corrected chi connectivity index (χ2v) is 4.59. The highest BCUT2D eigenvalue weighted by Gasteiger charge is 2.05. The van der Waals surface area contributed by atoms with Crippen LogP contribution in [0.1, 0.15) is 11.1 Å². The number of nitriles is 1. The van der Waals surface area contributed by atoms with Gasteiger partial charge in [0.25, 0.3) is 5.91 Å². The molecule has 0 aromatic heterocycles. The fourth-order valence-electron chi connectivity index (χ4n) is 1.85. The summed E-state index contributed by atoms with van der Waals surface area (Å²) in [6.45, 7) is 0.498. The maximum absolute atomic E-state index is 11.4. The number of rotatable bonds is 5. The van der Waals surface area contributed by atoms with E-state index in [0.717, 1.165) is 16.9 Å². The summed E-state index contributed by atoms with van der Waals surface area (Å²) in [6.07, 6.45) is 1.54. The van der Waals surface area contributed by atoms with E-state index in [-0.39, 0.29) is 5.57 Å². The molecule has 0 saturated heterocycles. The molecule has 0 spiro atoms. The van der Waals surface area contributed by atoms with E-state index in [4.69, 9.17) is 10.00 Å². The largest absolute Gasteiger partial charge is 0.489 e. The van der Waals surface area contributed by atoms with E-state index in [1.807, 2.05) is 48.5 Å². The van der Waals surface area contributed by atoms with Crippen molar-refractivity contribution >= 4 is 12.0 Å². The maximum Gasteiger partial charge on any atom is 0.261 e. The molecule has 2 rings (SSSR count). The Labute approximate surface area is 129 Å². The van der Waals surface area contributed by atoms with E-state index in [9.17, 15) is 4.79 Å². The second kappa shape index (κ2) is 7.65. The van der Waals surface area contributed by atoms with Crippen molar-refractivity contribution in [3.8, 4) is 11.8 Å². The summed E-state index contributed by atoms with van der Waals surface area (Å²) >= 11 is 0. The molecule has 0 radical (unpaired) electrons. The van der Waals surface area contributed by atoms with Crippen LogP contribution in [-0.4, -0.2) is 13.0 Å². The van der Waals surface area contributed by atoms with E-state index in [2.05, 4.69) is 5.32 Å². The van der Waals surface area contributed by atoms with Crippen LogP contribution in [0.3, 0.4) is 0 Å². The Morgan fingerprint density at radius 2 is 1.86 bits per heavy atom. The van der Waals surface area contributed by atoms with E-state index in [1.54, 1.807) is 18.2 Å². The number of carbonyl (C=O) groups is 1. The highest BCUT2D eigenvalue weighted by atomic mass is 16.5. The molecular weight excluding hydrogens is 276 g/mol. The van der Waals surface area contributed by atoms with Gasteiger partial charge in [-0.2, -0.15) is 5.26 Å². The summed E-state index contributed by atoms with van der Waals surface area (Å²) in [5.41, 5.74) is 1.94. The first-order chi connectivity index (χ1) is 10.7. The number of amides is 1. The van der Waals surface area contributed by atoms with Gasteiger partial charge in [-0.3, -0.25) is 4.79 Å². The Bertz CT molecular complexity index is 698. The minimum atomic E-state index is -0.396. The van der Waals surface area contributed by atoms with Gasteiger partial charge in [0.15, 0.2) is 0 Å². The van der Waals surface area contributed by atoms with Gasteiger partial charge in [0.05, 0.1) is 0 Å². The summed E-state index contributed by atoms with van der Waals surface area (Å²) in [6, 6.07) is 19.0. The normalized spacial score (nSPS) is 10.6. The molecule has 0 saturated carbocycles. The highest BCUT2D eigenvalue weighted by molar-refractivity contribution is 6.01. The average Bonchev–Trinajstić information content (AvgIpc) is 2.59. The summed E-state index contributed by atoms with van der Waals surface area (Å²) < 4.78 is 5.68. The van der Waals surface area contributed by atoms with Crippen molar-refractivity contribution in [2.75, 3.05) is 7.05 Å². The van der Waals surface area contributed by atoms with Crippen LogP contribution < -0.4 is 10.1 Å². The van der Waals surface area contributed by atoms with E-state index in [1.165, 1.54) is 7.05 Å². The third-order valence-corrected chi connectivity index (χ3v) is 3.03. The highest BCUT2D eigenvalue weighted by Crippen LogP contribution is 2.16. The fraction of sp³-hybridized carbons (Fsp3) is 0.111. The lowest BCUT2D eigenvalue weighted by molar-refractivity contribution is -0.116. The molecule has 22 heavy (non-hydrogen) atoms. The van der Waals surface area contributed by atoms with Crippen molar-refractivity contribution < 1.29 is 9.53 Å². The van der Waals surface area contributed by atoms with Crippen LogP contribution in [-0.2, 0) is 11.4 Å². The number of hydrogen-bond acceptors (Lipinski definition) is 3. The van der Waals surface area contributed by atoms with Crippen LogP contribution in [0.25, 0.3) is 6.08 Å². The van der Waals surface area contributed by atoms with Gasteiger partial charge >= 0.3 is 0 Å². The Hall–Kier alpha value is -3.06. The molecule has 0 atom stereocenters. The number of carbonyl (C=O) groups excluding carboxylic acids is 1. The molecule has 4 nitrogen and oxygen atoms in total. The van der Waals surface area contributed by atoms with Crippen molar-refractivity contribution in [3.63, 3.8) is 0 Å². The third kappa shape index (κ3) is 4.22. The standard InChI is InChI=1S/C18H16N2O2/c1-20-18(21)16(12-19)11-14-7-9-17(10-8-14)22-13-15-5-3-2-4-6-15/h2-11H,13H2,1H3,(H,20,21)/b16-11+. The summed E-state index contributed by atoms with van der Waals surface area (Å²) in [4.78, 5) is 11.4. The molecule has 110 valence electrons. The van der Waals surface area contributed by atoms with Gasteiger partial charge < -0.3 is 10.1 Å². The molecule has 0 aliphatic carbocycles. The Balaban J connectivity index is 2.03. The van der Waals surface area contributed by atoms with Crippen molar-refractivity contribution in [3.05, 3.63) is 71.3 Å². The zero-order valence-electron chi connectivity index (χ0n) is 12.2. The van der Waals surface area contributed by atoms with Crippen molar-refractivity contribution in [1.82, 2.24) is 5.32 Å². The number of nitrogens with one attached hydrogen (secondary N) is 1. The lowest BCUT2D eigenvalue weighted by atomic mass is 10.1. The van der Waals surface area contributed by atoms with E-state index in [0.29, 0.717) is 6.61 Å². The Morgan fingerprint density at radius 3 is 2.45 bits per heavy atom. The minimum absolute atomic E-state index is 0.0699. The summed E-state index contributed by atoms with van der Waals surface area (Å²) in [5.74, 6) is 0.339.